The van der Waals surface area contributed by atoms with Crippen LogP contribution < -0.4 is 16.0 Å². The molecule has 2 aromatic carbocycles. The van der Waals surface area contributed by atoms with E-state index in [1.54, 1.807) is 49.5 Å². The van der Waals surface area contributed by atoms with Crippen LogP contribution in [0.5, 0.6) is 5.75 Å². The van der Waals surface area contributed by atoms with Crippen LogP contribution in [0.1, 0.15) is 28.2 Å². The second-order valence-electron chi connectivity index (χ2n) is 7.45. The number of aryl methyl sites for hydroxylation is 1. The van der Waals surface area contributed by atoms with Gasteiger partial charge in [0.05, 0.1) is 18.5 Å². The molecule has 0 saturated carbocycles. The highest BCUT2D eigenvalue weighted by atomic mass is 16.7. The van der Waals surface area contributed by atoms with E-state index >= 15 is 0 Å². The van der Waals surface area contributed by atoms with E-state index in [1.165, 1.54) is 12.0 Å². The predicted octanol–water partition coefficient (Wildman–Crippen LogP) is 5.49. The van der Waals surface area contributed by atoms with Gasteiger partial charge in [-0.25, -0.2) is 14.8 Å². The molecule has 4 aromatic rings. The van der Waals surface area contributed by atoms with Crippen LogP contribution in [0.25, 0.3) is 22.4 Å². The molecule has 0 saturated heterocycles. The molecule has 4 N–H and O–H groups in total. The number of hydrogen-bond acceptors (Lipinski definition) is 9. The van der Waals surface area contributed by atoms with Gasteiger partial charge in [0.2, 0.25) is 0 Å². The minimum atomic E-state index is -0.746. The number of ether oxygens (including phenoxy) is 2. The van der Waals surface area contributed by atoms with Crippen molar-refractivity contribution in [3.05, 3.63) is 78.5 Å². The van der Waals surface area contributed by atoms with E-state index < -0.39 is 6.16 Å². The van der Waals surface area contributed by atoms with Crippen LogP contribution >= 0.6 is 0 Å². The Morgan fingerprint density at radius 2 is 1.80 bits per heavy atom. The van der Waals surface area contributed by atoms with Crippen LogP contribution in [0, 0.1) is 0 Å². The molecule has 0 amide bonds. The van der Waals surface area contributed by atoms with Crippen LogP contribution in [-0.2, 0) is 11.2 Å². The van der Waals surface area contributed by atoms with E-state index in [0.717, 1.165) is 24.9 Å². The summed E-state index contributed by atoms with van der Waals surface area (Å²) in [7, 11) is 0. The van der Waals surface area contributed by atoms with Gasteiger partial charge in [-0.3, -0.25) is 15.7 Å². The molecule has 9 heteroatoms. The third-order valence-corrected chi connectivity index (χ3v) is 4.90. The maximum atomic E-state index is 11.3. The van der Waals surface area contributed by atoms with Gasteiger partial charge in [-0.15, -0.1) is 0 Å². The number of hydrogen-bond donors (Lipinski definition) is 3. The lowest BCUT2D eigenvalue weighted by molar-refractivity contribution is 0.104. The molecule has 0 radical (unpaired) electrons. The number of nitrogens with one attached hydrogen (secondary N) is 1. The second kappa shape index (κ2) is 13.6. The molecule has 0 aliphatic heterocycles. The molecule has 0 bridgehead atoms. The Balaban J connectivity index is 0.000000448. The Morgan fingerprint density at radius 1 is 1.03 bits per heavy atom. The maximum absolute atomic E-state index is 11.3. The van der Waals surface area contributed by atoms with Gasteiger partial charge in [0.15, 0.2) is 11.5 Å². The zero-order chi connectivity index (χ0) is 24.9. The summed E-state index contributed by atoms with van der Waals surface area (Å²) in [5, 5.41) is 8.91. The third-order valence-electron chi connectivity index (χ3n) is 4.90. The van der Waals surface area contributed by atoms with Crippen molar-refractivity contribution in [1.29, 1.82) is 0 Å². The summed E-state index contributed by atoms with van der Waals surface area (Å²) in [4.78, 5) is 24.1. The number of nitrogens with zero attached hydrogens (tertiary/aromatic N) is 3. The Labute approximate surface area is 206 Å². The molecule has 186 valence electrons. The van der Waals surface area contributed by atoms with Crippen molar-refractivity contribution in [3.8, 4) is 17.0 Å². The molecular weight excluding hydrogens is 446 g/mol. The largest absolute Gasteiger partial charge is 0.513 e. The Morgan fingerprint density at radius 3 is 2.49 bits per heavy atom. The molecule has 2 aromatic heterocycles. The number of aromatic nitrogens is 3. The van der Waals surface area contributed by atoms with Crippen molar-refractivity contribution in [2.45, 2.75) is 26.2 Å². The summed E-state index contributed by atoms with van der Waals surface area (Å²) in [6, 6.07) is 20.6. The van der Waals surface area contributed by atoms with Gasteiger partial charge in [-0.2, -0.15) is 0 Å². The van der Waals surface area contributed by atoms with E-state index in [-0.39, 0.29) is 15.3 Å². The Kier molecular flexibility index (Phi) is 9.91. The smallest absolute Gasteiger partial charge is 0.434 e. The number of anilines is 1. The summed E-state index contributed by atoms with van der Waals surface area (Å²) in [6.07, 6.45) is 4.38. The number of rotatable bonds is 8. The van der Waals surface area contributed by atoms with E-state index in [0.29, 0.717) is 22.6 Å². The Hall–Kier alpha value is -4.08. The maximum Gasteiger partial charge on any atom is 0.513 e. The number of fused-ring (bicyclic) bond motifs is 1. The summed E-state index contributed by atoms with van der Waals surface area (Å²) in [5.41, 5.74) is 11.2. The highest BCUT2D eigenvalue weighted by Crippen LogP contribution is 2.22. The standard InChI is InChI=1S/C16H14N4O4.C10H15N.2H2/c1-2-23-16(21)24-11-5-3-10(4-6-11)13-9-17-12-7-8-14(20-22)19-15(12)18-13;11-9-5-4-8-10-6-2-1-3-7-10;;/h3-9,22H,2H2,1H3,(H,18,19,20);1-3,6-7H,4-5,8-9,11H2;2*1H. The molecule has 0 atom stereocenters. The third kappa shape index (κ3) is 8.02. The quantitative estimate of drug-likeness (QED) is 0.130. The lowest BCUT2D eigenvalue weighted by Crippen LogP contribution is -2.09. The molecule has 0 fully saturated rings. The average Bonchev–Trinajstić information content (AvgIpc) is 2.90. The minimum Gasteiger partial charge on any atom is -0.434 e. The number of carbonyl (C=O) groups is 1. The lowest BCUT2D eigenvalue weighted by Gasteiger charge is -2.06. The fraction of sp³-hybridized carbons (Fsp3) is 0.231. The first-order valence-corrected chi connectivity index (χ1v) is 11.4. The van der Waals surface area contributed by atoms with Gasteiger partial charge < -0.3 is 15.2 Å². The number of benzene rings is 2. The van der Waals surface area contributed by atoms with Crippen LogP contribution in [-0.4, -0.2) is 39.5 Å². The highest BCUT2D eigenvalue weighted by Gasteiger charge is 2.08. The van der Waals surface area contributed by atoms with Crippen LogP contribution in [0.4, 0.5) is 10.6 Å². The Bertz CT molecular complexity index is 1210. The molecule has 0 aliphatic carbocycles. The van der Waals surface area contributed by atoms with Gasteiger partial charge in [0.1, 0.15) is 11.3 Å². The van der Waals surface area contributed by atoms with Gasteiger partial charge in [-0.1, -0.05) is 30.3 Å². The van der Waals surface area contributed by atoms with Crippen molar-refractivity contribution in [2.75, 3.05) is 18.6 Å². The average molecular weight is 480 g/mol. The first-order chi connectivity index (χ1) is 17.1. The lowest BCUT2D eigenvalue weighted by atomic mass is 10.1. The van der Waals surface area contributed by atoms with Crippen LogP contribution in [0.3, 0.4) is 0 Å². The van der Waals surface area contributed by atoms with Crippen molar-refractivity contribution in [2.24, 2.45) is 5.73 Å². The molecule has 2 heterocycles. The predicted molar refractivity (Wildman–Crippen MR) is 138 cm³/mol. The summed E-state index contributed by atoms with van der Waals surface area (Å²) < 4.78 is 9.71. The SMILES string of the molecule is CCOC(=O)Oc1ccc(-c2cnc3ccc(NO)nc3n2)cc1.NCCCCc1ccccc1.[HH].[HH]. The van der Waals surface area contributed by atoms with E-state index in [4.69, 9.17) is 20.4 Å². The van der Waals surface area contributed by atoms with E-state index in [9.17, 15) is 4.79 Å². The summed E-state index contributed by atoms with van der Waals surface area (Å²) >= 11 is 0. The van der Waals surface area contributed by atoms with E-state index in [2.05, 4.69) is 39.2 Å². The van der Waals surface area contributed by atoms with Crippen LogP contribution in [0.2, 0.25) is 0 Å². The number of carbonyl (C=O) groups excluding carboxylic acids is 1. The minimum absolute atomic E-state index is 0. The first kappa shape index (κ1) is 25.5. The van der Waals surface area contributed by atoms with Crippen molar-refractivity contribution in [3.63, 3.8) is 0 Å². The zero-order valence-electron chi connectivity index (χ0n) is 19.6. The molecule has 0 spiro atoms. The van der Waals surface area contributed by atoms with Gasteiger partial charge in [0, 0.05) is 8.42 Å². The molecule has 35 heavy (non-hydrogen) atoms. The molecule has 9 nitrogen and oxygen atoms in total. The van der Waals surface area contributed by atoms with Crippen molar-refractivity contribution in [1.82, 2.24) is 15.0 Å². The second-order valence-corrected chi connectivity index (χ2v) is 7.45. The van der Waals surface area contributed by atoms with E-state index in [1.807, 2.05) is 11.5 Å². The fourth-order valence-corrected chi connectivity index (χ4v) is 3.15. The summed E-state index contributed by atoms with van der Waals surface area (Å²) in [5.74, 6) is 0.656. The monoisotopic (exact) mass is 479 g/mol. The van der Waals surface area contributed by atoms with Crippen molar-refractivity contribution < 1.29 is 22.3 Å². The normalized spacial score (nSPS) is 10.3. The molecule has 4 rings (SSSR count). The van der Waals surface area contributed by atoms with Gasteiger partial charge >= 0.3 is 6.16 Å². The molecule has 0 unspecified atom stereocenters. The molecule has 0 aliphatic rings. The van der Waals surface area contributed by atoms with Crippen LogP contribution in [0.15, 0.2) is 72.9 Å². The van der Waals surface area contributed by atoms with Crippen molar-refractivity contribution >= 4 is 23.1 Å². The summed E-state index contributed by atoms with van der Waals surface area (Å²) in [6.45, 7) is 2.77. The topological polar surface area (TPSA) is 132 Å². The van der Waals surface area contributed by atoms with Gasteiger partial charge in [-0.05, 0) is 74.7 Å². The number of nitrogens with two attached hydrogens (primary N) is 1. The molecular formula is C26H33N5O4. The highest BCUT2D eigenvalue weighted by molar-refractivity contribution is 5.75. The number of unbranched alkanes of at least 4 members (excludes halogenated alkanes) is 1. The van der Waals surface area contributed by atoms with Gasteiger partial charge in [0.25, 0.3) is 0 Å². The first-order valence-electron chi connectivity index (χ1n) is 11.4. The zero-order valence-corrected chi connectivity index (χ0v) is 19.6. The number of pyridine rings is 1. The fourth-order valence-electron chi connectivity index (χ4n) is 3.15.